The van der Waals surface area contributed by atoms with E-state index in [4.69, 9.17) is 9.57 Å². The van der Waals surface area contributed by atoms with Crippen LogP contribution in [-0.4, -0.2) is 86.5 Å². The van der Waals surface area contributed by atoms with Crippen LogP contribution in [0.2, 0.25) is 0 Å². The van der Waals surface area contributed by atoms with Gasteiger partial charge in [-0.25, -0.2) is 8.42 Å². The Bertz CT molecular complexity index is 840. The fourth-order valence-electron chi connectivity index (χ4n) is 3.69. The second-order valence-electron chi connectivity index (χ2n) is 8.41. The number of hydroxylamine groups is 1. The highest BCUT2D eigenvalue weighted by atomic mass is 32.2. The molecule has 10 heteroatoms. The summed E-state index contributed by atoms with van der Waals surface area (Å²) in [4.78, 5) is 23.9. The molecule has 9 nitrogen and oxygen atoms in total. The summed E-state index contributed by atoms with van der Waals surface area (Å²) in [7, 11) is -3.46. The Kier molecular flexibility index (Phi) is 10.7. The maximum absolute atomic E-state index is 12.9. The molecule has 0 atom stereocenters. The van der Waals surface area contributed by atoms with Gasteiger partial charge in [0.15, 0.2) is 0 Å². The molecule has 0 unspecified atom stereocenters. The SMILES string of the molecule is O=C(/C=C/c1cccnc1)NCCCCCS(=O)(=O)N(OCCN1CCOCC1)C1CCC1. The average Bonchev–Trinajstić information content (AvgIpc) is 2.79. The highest BCUT2D eigenvalue weighted by Gasteiger charge is 2.34. The first-order chi connectivity index (χ1) is 16.0. The third kappa shape index (κ3) is 9.13. The zero-order valence-corrected chi connectivity index (χ0v) is 20.0. The van der Waals surface area contributed by atoms with E-state index < -0.39 is 10.0 Å². The molecule has 1 saturated carbocycles. The zero-order valence-electron chi connectivity index (χ0n) is 19.2. The Morgan fingerprint density at radius 2 is 2.09 bits per heavy atom. The summed E-state index contributed by atoms with van der Waals surface area (Å²) in [6.07, 6.45) is 11.3. The van der Waals surface area contributed by atoms with Gasteiger partial charge in [-0.1, -0.05) is 23.4 Å². The molecule has 0 spiro atoms. The third-order valence-corrected chi connectivity index (χ3v) is 7.62. The summed E-state index contributed by atoms with van der Waals surface area (Å²) >= 11 is 0. The van der Waals surface area contributed by atoms with E-state index in [9.17, 15) is 13.2 Å². The molecule has 184 valence electrons. The van der Waals surface area contributed by atoms with Crippen LogP contribution >= 0.6 is 0 Å². The number of morpholine rings is 1. The quantitative estimate of drug-likeness (QED) is 0.246. The number of hydrogen-bond donors (Lipinski definition) is 1. The van der Waals surface area contributed by atoms with Crippen molar-refractivity contribution in [1.29, 1.82) is 0 Å². The first kappa shape index (κ1) is 25.8. The van der Waals surface area contributed by atoms with Crippen LogP contribution in [0.5, 0.6) is 0 Å². The smallest absolute Gasteiger partial charge is 0.243 e. The van der Waals surface area contributed by atoms with E-state index in [0.717, 1.165) is 50.8 Å². The largest absolute Gasteiger partial charge is 0.379 e. The lowest BCUT2D eigenvalue weighted by Gasteiger charge is -2.36. The molecule has 1 aliphatic carbocycles. The molecule has 2 heterocycles. The number of aromatic nitrogens is 1. The molecule has 1 aliphatic heterocycles. The maximum atomic E-state index is 12.9. The lowest BCUT2D eigenvalue weighted by atomic mass is 9.94. The highest BCUT2D eigenvalue weighted by Crippen LogP contribution is 2.28. The number of ether oxygens (including phenoxy) is 1. The molecule has 1 saturated heterocycles. The van der Waals surface area contributed by atoms with Crippen molar-refractivity contribution in [3.05, 3.63) is 36.2 Å². The van der Waals surface area contributed by atoms with Crippen LogP contribution in [0.1, 0.15) is 44.1 Å². The number of rotatable bonds is 14. The Morgan fingerprint density at radius 3 is 2.79 bits per heavy atom. The minimum absolute atomic E-state index is 0.0365. The van der Waals surface area contributed by atoms with Crippen molar-refractivity contribution in [2.24, 2.45) is 0 Å². The topological polar surface area (TPSA) is 101 Å². The molecular weight excluding hydrogens is 444 g/mol. The third-order valence-electron chi connectivity index (χ3n) is 5.87. The van der Waals surface area contributed by atoms with E-state index in [1.807, 2.05) is 12.1 Å². The molecule has 3 rings (SSSR count). The summed E-state index contributed by atoms with van der Waals surface area (Å²) in [5.74, 6) is -0.105. The van der Waals surface area contributed by atoms with Gasteiger partial charge in [0.05, 0.1) is 31.6 Å². The predicted octanol–water partition coefficient (Wildman–Crippen LogP) is 1.83. The lowest BCUT2D eigenvalue weighted by molar-refractivity contribution is -0.135. The monoisotopic (exact) mass is 480 g/mol. The first-order valence-corrected chi connectivity index (χ1v) is 13.5. The maximum Gasteiger partial charge on any atom is 0.243 e. The van der Waals surface area contributed by atoms with Crippen LogP contribution in [0.25, 0.3) is 6.08 Å². The lowest BCUT2D eigenvalue weighted by Crippen LogP contribution is -2.46. The van der Waals surface area contributed by atoms with Crippen LogP contribution < -0.4 is 5.32 Å². The van der Waals surface area contributed by atoms with E-state index in [0.29, 0.717) is 39.3 Å². The first-order valence-electron chi connectivity index (χ1n) is 11.9. The number of carbonyl (C=O) groups is 1. The van der Waals surface area contributed by atoms with Gasteiger partial charge in [0.1, 0.15) is 0 Å². The van der Waals surface area contributed by atoms with Crippen molar-refractivity contribution in [3.8, 4) is 0 Å². The van der Waals surface area contributed by atoms with Crippen LogP contribution in [-0.2, 0) is 24.4 Å². The van der Waals surface area contributed by atoms with Crippen molar-refractivity contribution >= 4 is 22.0 Å². The molecule has 33 heavy (non-hydrogen) atoms. The number of amides is 1. The Labute approximate surface area is 197 Å². The summed E-state index contributed by atoms with van der Waals surface area (Å²) < 4.78 is 32.4. The van der Waals surface area contributed by atoms with E-state index in [-0.39, 0.29) is 17.7 Å². The summed E-state index contributed by atoms with van der Waals surface area (Å²) in [6, 6.07) is 3.65. The van der Waals surface area contributed by atoms with Crippen molar-refractivity contribution in [2.45, 2.75) is 44.6 Å². The minimum Gasteiger partial charge on any atom is -0.379 e. The van der Waals surface area contributed by atoms with Crippen LogP contribution in [0.3, 0.4) is 0 Å². The van der Waals surface area contributed by atoms with Gasteiger partial charge < -0.3 is 10.1 Å². The summed E-state index contributed by atoms with van der Waals surface area (Å²) in [5.41, 5.74) is 0.862. The minimum atomic E-state index is -3.46. The van der Waals surface area contributed by atoms with E-state index >= 15 is 0 Å². The van der Waals surface area contributed by atoms with Crippen LogP contribution in [0.15, 0.2) is 30.6 Å². The molecule has 1 aromatic rings. The summed E-state index contributed by atoms with van der Waals surface area (Å²) in [6.45, 7) is 4.73. The summed E-state index contributed by atoms with van der Waals surface area (Å²) in [5, 5.41) is 2.82. The Hall–Kier alpha value is -1.85. The van der Waals surface area contributed by atoms with Gasteiger partial charge in [-0.2, -0.15) is 0 Å². The second kappa shape index (κ2) is 13.8. The van der Waals surface area contributed by atoms with E-state index in [1.54, 1.807) is 18.5 Å². The second-order valence-corrected chi connectivity index (χ2v) is 10.3. The number of carbonyl (C=O) groups excluding carboxylic acids is 1. The van der Waals surface area contributed by atoms with E-state index in [2.05, 4.69) is 15.2 Å². The van der Waals surface area contributed by atoms with Crippen molar-refractivity contribution in [2.75, 3.05) is 51.8 Å². The van der Waals surface area contributed by atoms with Crippen LogP contribution in [0.4, 0.5) is 0 Å². The van der Waals surface area contributed by atoms with E-state index in [1.165, 1.54) is 10.5 Å². The molecule has 2 aliphatic rings. The Morgan fingerprint density at radius 1 is 1.27 bits per heavy atom. The number of hydrogen-bond acceptors (Lipinski definition) is 7. The molecule has 2 fully saturated rings. The van der Waals surface area contributed by atoms with Crippen molar-refractivity contribution < 1.29 is 22.8 Å². The zero-order chi connectivity index (χ0) is 23.4. The van der Waals surface area contributed by atoms with Gasteiger partial charge in [0.2, 0.25) is 15.9 Å². The average molecular weight is 481 g/mol. The van der Waals surface area contributed by atoms with Gasteiger partial charge in [-0.05, 0) is 43.4 Å². The van der Waals surface area contributed by atoms with Crippen LogP contribution in [0, 0.1) is 0 Å². The molecular formula is C23H36N4O5S. The van der Waals surface area contributed by atoms with Gasteiger partial charge in [0, 0.05) is 44.6 Å². The fourth-order valence-corrected chi connectivity index (χ4v) is 5.34. The molecule has 1 N–H and O–H groups in total. The van der Waals surface area contributed by atoms with Gasteiger partial charge >= 0.3 is 0 Å². The highest BCUT2D eigenvalue weighted by molar-refractivity contribution is 7.88. The molecule has 0 radical (unpaired) electrons. The number of sulfonamides is 1. The number of nitrogens with zero attached hydrogens (tertiary/aromatic N) is 3. The fraction of sp³-hybridized carbons (Fsp3) is 0.652. The normalized spacial score (nSPS) is 18.0. The number of pyridine rings is 1. The van der Waals surface area contributed by atoms with Crippen molar-refractivity contribution in [1.82, 2.24) is 19.7 Å². The standard InChI is InChI=1S/C23H36N4O5S/c28-23(10-9-21-6-5-11-24-20-21)25-12-2-1-3-19-33(29,30)27(22-7-4-8-22)32-18-15-26-13-16-31-17-14-26/h5-6,9-11,20,22H,1-4,7-8,12-19H2,(H,25,28)/b10-9+. The molecule has 1 aromatic heterocycles. The predicted molar refractivity (Wildman–Crippen MR) is 127 cm³/mol. The Balaban J connectivity index is 1.32. The molecule has 0 aromatic carbocycles. The van der Waals surface area contributed by atoms with Gasteiger partial charge in [0.25, 0.3) is 0 Å². The number of unbranched alkanes of at least 4 members (excludes halogenated alkanes) is 2. The molecule has 1 amide bonds. The van der Waals surface area contributed by atoms with Gasteiger partial charge in [-0.3, -0.25) is 19.5 Å². The molecule has 0 bridgehead atoms. The van der Waals surface area contributed by atoms with Gasteiger partial charge in [-0.15, -0.1) is 0 Å². The number of nitrogens with one attached hydrogen (secondary N) is 1. The van der Waals surface area contributed by atoms with Crippen molar-refractivity contribution in [3.63, 3.8) is 0 Å².